The minimum atomic E-state index is 0.194. The van der Waals surface area contributed by atoms with Crippen molar-refractivity contribution in [2.45, 2.75) is 37.8 Å². The topological polar surface area (TPSA) is 47.3 Å². The van der Waals surface area contributed by atoms with Gasteiger partial charge in [0, 0.05) is 16.3 Å². The zero-order valence-corrected chi connectivity index (χ0v) is 16.4. The molecule has 3 N–H and O–H groups in total. The molecule has 0 saturated carbocycles. The SMILES string of the molecule is C=C(CC(C)(C)C)Nc1cc(SCc2ccc(OC)cc2)ccc1N. The predicted octanol–water partition coefficient (Wildman–Crippen LogP) is 5.93. The van der Waals surface area contributed by atoms with Crippen LogP contribution < -0.4 is 15.8 Å². The fourth-order valence-corrected chi connectivity index (χ4v) is 3.39. The van der Waals surface area contributed by atoms with Crippen LogP contribution in [0.15, 0.2) is 59.6 Å². The van der Waals surface area contributed by atoms with Crippen molar-refractivity contribution in [3.8, 4) is 5.75 Å². The van der Waals surface area contributed by atoms with Crippen molar-refractivity contribution < 1.29 is 4.74 Å². The molecule has 0 saturated heterocycles. The van der Waals surface area contributed by atoms with E-state index in [0.29, 0.717) is 0 Å². The Balaban J connectivity index is 2.01. The number of methoxy groups -OCH3 is 1. The molecule has 0 fully saturated rings. The maximum atomic E-state index is 6.11. The van der Waals surface area contributed by atoms with Crippen LogP contribution in [-0.2, 0) is 5.75 Å². The van der Waals surface area contributed by atoms with Crippen LogP contribution >= 0.6 is 11.8 Å². The summed E-state index contributed by atoms with van der Waals surface area (Å²) in [6.07, 6.45) is 0.898. The van der Waals surface area contributed by atoms with E-state index in [2.05, 4.69) is 56.9 Å². The van der Waals surface area contributed by atoms with E-state index in [1.54, 1.807) is 18.9 Å². The lowest BCUT2D eigenvalue weighted by Gasteiger charge is -2.21. The van der Waals surface area contributed by atoms with Crippen LogP contribution in [0, 0.1) is 5.41 Å². The van der Waals surface area contributed by atoms with Crippen LogP contribution in [-0.4, -0.2) is 7.11 Å². The van der Waals surface area contributed by atoms with Crippen molar-refractivity contribution in [1.82, 2.24) is 0 Å². The van der Waals surface area contributed by atoms with Crippen LogP contribution in [0.1, 0.15) is 32.8 Å². The number of nitrogens with one attached hydrogen (secondary N) is 1. The van der Waals surface area contributed by atoms with Gasteiger partial charge in [0.1, 0.15) is 5.75 Å². The van der Waals surface area contributed by atoms with Gasteiger partial charge in [-0.3, -0.25) is 0 Å². The molecule has 25 heavy (non-hydrogen) atoms. The number of hydrogen-bond donors (Lipinski definition) is 2. The number of ether oxygens (including phenoxy) is 1. The van der Waals surface area contributed by atoms with Gasteiger partial charge >= 0.3 is 0 Å². The number of allylic oxidation sites excluding steroid dienone is 1. The molecule has 2 aromatic rings. The fraction of sp³-hybridized carbons (Fsp3) is 0.333. The minimum Gasteiger partial charge on any atom is -0.497 e. The van der Waals surface area contributed by atoms with E-state index in [1.807, 2.05) is 18.2 Å². The Kier molecular flexibility index (Phi) is 6.43. The van der Waals surface area contributed by atoms with E-state index in [9.17, 15) is 0 Å². The third-order valence-electron chi connectivity index (χ3n) is 3.64. The Morgan fingerprint density at radius 2 is 1.84 bits per heavy atom. The summed E-state index contributed by atoms with van der Waals surface area (Å²) in [6.45, 7) is 10.7. The molecule has 0 bridgehead atoms. The highest BCUT2D eigenvalue weighted by molar-refractivity contribution is 7.98. The Labute approximate surface area is 155 Å². The molecule has 0 unspecified atom stereocenters. The minimum absolute atomic E-state index is 0.194. The highest BCUT2D eigenvalue weighted by atomic mass is 32.2. The van der Waals surface area contributed by atoms with Gasteiger partial charge in [-0.25, -0.2) is 0 Å². The molecule has 4 heteroatoms. The van der Waals surface area contributed by atoms with Gasteiger partial charge in [0.05, 0.1) is 18.5 Å². The summed E-state index contributed by atoms with van der Waals surface area (Å²) in [5.41, 5.74) is 10.2. The molecule has 0 aliphatic carbocycles. The van der Waals surface area contributed by atoms with Crippen molar-refractivity contribution in [1.29, 1.82) is 0 Å². The van der Waals surface area contributed by atoms with Crippen molar-refractivity contribution in [3.05, 3.63) is 60.3 Å². The van der Waals surface area contributed by atoms with Gasteiger partial charge in [-0.15, -0.1) is 11.8 Å². The van der Waals surface area contributed by atoms with Gasteiger partial charge in [-0.05, 0) is 47.7 Å². The third kappa shape index (κ3) is 6.39. The lowest BCUT2D eigenvalue weighted by atomic mass is 9.91. The highest BCUT2D eigenvalue weighted by Gasteiger charge is 2.13. The molecule has 2 rings (SSSR count). The second-order valence-corrected chi connectivity index (χ2v) is 8.40. The van der Waals surface area contributed by atoms with Crippen LogP contribution in [0.4, 0.5) is 11.4 Å². The number of benzene rings is 2. The average molecular weight is 357 g/mol. The third-order valence-corrected chi connectivity index (χ3v) is 4.71. The van der Waals surface area contributed by atoms with Crippen LogP contribution in [0.25, 0.3) is 0 Å². The Morgan fingerprint density at radius 1 is 1.16 bits per heavy atom. The highest BCUT2D eigenvalue weighted by Crippen LogP contribution is 2.31. The number of rotatable bonds is 7. The largest absolute Gasteiger partial charge is 0.497 e. The Bertz CT molecular complexity index is 718. The number of hydrogen-bond acceptors (Lipinski definition) is 4. The van der Waals surface area contributed by atoms with E-state index in [-0.39, 0.29) is 5.41 Å². The van der Waals surface area contributed by atoms with E-state index in [0.717, 1.165) is 35.0 Å². The second kappa shape index (κ2) is 8.34. The molecule has 0 radical (unpaired) electrons. The van der Waals surface area contributed by atoms with Gasteiger partial charge in [0.15, 0.2) is 0 Å². The van der Waals surface area contributed by atoms with E-state index in [4.69, 9.17) is 10.5 Å². The summed E-state index contributed by atoms with van der Waals surface area (Å²) in [6, 6.07) is 14.3. The molecule has 0 heterocycles. The first-order valence-corrected chi connectivity index (χ1v) is 9.35. The van der Waals surface area contributed by atoms with Crippen LogP contribution in [0.2, 0.25) is 0 Å². The maximum Gasteiger partial charge on any atom is 0.118 e. The normalized spacial score (nSPS) is 11.2. The van der Waals surface area contributed by atoms with E-state index >= 15 is 0 Å². The monoisotopic (exact) mass is 356 g/mol. The van der Waals surface area contributed by atoms with Gasteiger partial charge in [-0.2, -0.15) is 0 Å². The molecule has 0 aromatic heterocycles. The Morgan fingerprint density at radius 3 is 2.44 bits per heavy atom. The zero-order chi connectivity index (χ0) is 18.4. The molecule has 0 spiro atoms. The quantitative estimate of drug-likeness (QED) is 0.477. The summed E-state index contributed by atoms with van der Waals surface area (Å²) in [7, 11) is 1.68. The number of anilines is 2. The molecule has 134 valence electrons. The fourth-order valence-electron chi connectivity index (χ4n) is 2.50. The number of nitrogens with two attached hydrogens (primary N) is 1. The summed E-state index contributed by atoms with van der Waals surface area (Å²) < 4.78 is 5.20. The van der Waals surface area contributed by atoms with Gasteiger partial charge in [-0.1, -0.05) is 39.5 Å². The molecule has 2 aromatic carbocycles. The van der Waals surface area contributed by atoms with Crippen molar-refractivity contribution in [3.63, 3.8) is 0 Å². The smallest absolute Gasteiger partial charge is 0.118 e. The molecule has 0 amide bonds. The molecule has 0 aliphatic rings. The zero-order valence-electron chi connectivity index (χ0n) is 15.6. The Hall–Kier alpha value is -2.07. The first-order chi connectivity index (χ1) is 11.8. The summed E-state index contributed by atoms with van der Waals surface area (Å²) in [5, 5.41) is 3.37. The van der Waals surface area contributed by atoms with Crippen molar-refractivity contribution in [2.75, 3.05) is 18.2 Å². The molecular weight excluding hydrogens is 328 g/mol. The maximum absolute atomic E-state index is 6.11. The first-order valence-electron chi connectivity index (χ1n) is 8.37. The summed E-state index contributed by atoms with van der Waals surface area (Å²) in [4.78, 5) is 1.18. The van der Waals surface area contributed by atoms with Crippen molar-refractivity contribution >= 4 is 23.1 Å². The lowest BCUT2D eigenvalue weighted by Crippen LogP contribution is -2.11. The van der Waals surface area contributed by atoms with Gasteiger partial charge in [0.25, 0.3) is 0 Å². The summed E-state index contributed by atoms with van der Waals surface area (Å²) in [5.74, 6) is 1.78. The van der Waals surface area contributed by atoms with Gasteiger partial charge < -0.3 is 15.8 Å². The average Bonchev–Trinajstić information content (AvgIpc) is 2.54. The molecule has 0 atom stereocenters. The lowest BCUT2D eigenvalue weighted by molar-refractivity contribution is 0.411. The van der Waals surface area contributed by atoms with Gasteiger partial charge in [0.2, 0.25) is 0 Å². The molecule has 3 nitrogen and oxygen atoms in total. The summed E-state index contributed by atoms with van der Waals surface area (Å²) >= 11 is 1.78. The van der Waals surface area contributed by atoms with Crippen LogP contribution in [0.3, 0.4) is 0 Å². The van der Waals surface area contributed by atoms with E-state index < -0.39 is 0 Å². The molecule has 0 aliphatic heterocycles. The standard InChI is InChI=1S/C21H28N2OS/c1-15(13-21(2,3)4)23-20-12-18(10-11-19(20)22)25-14-16-6-8-17(24-5)9-7-16/h6-12,23H,1,13-14,22H2,2-5H3. The predicted molar refractivity (Wildman–Crippen MR) is 110 cm³/mol. The number of thioether (sulfide) groups is 1. The number of nitrogen functional groups attached to an aromatic ring is 1. The first kappa shape index (κ1) is 19.3. The van der Waals surface area contributed by atoms with Crippen LogP contribution in [0.5, 0.6) is 5.75 Å². The second-order valence-electron chi connectivity index (χ2n) is 7.35. The molecular formula is C21H28N2OS. The van der Waals surface area contributed by atoms with Crippen molar-refractivity contribution in [2.24, 2.45) is 5.41 Å². The van der Waals surface area contributed by atoms with E-state index in [1.165, 1.54) is 10.5 Å².